The Morgan fingerprint density at radius 1 is 1.47 bits per heavy atom. The molecule has 0 unspecified atom stereocenters. The highest BCUT2D eigenvalue weighted by molar-refractivity contribution is 7.71. The van der Waals surface area contributed by atoms with Gasteiger partial charge in [-0.25, -0.2) is 4.98 Å². The molecule has 5 nitrogen and oxygen atoms in total. The van der Waals surface area contributed by atoms with Gasteiger partial charge < -0.3 is 4.98 Å². The molecule has 3 aromatic rings. The molecular formula is C11H11N5S. The number of nitrogens with zero attached hydrogens (tertiary/aromatic N) is 4. The molecule has 0 aliphatic rings. The van der Waals surface area contributed by atoms with Gasteiger partial charge in [0.2, 0.25) is 0 Å². The molecule has 0 aromatic carbocycles. The Hall–Kier alpha value is -1.95. The van der Waals surface area contributed by atoms with Crippen molar-refractivity contribution in [3.63, 3.8) is 0 Å². The van der Waals surface area contributed by atoms with Crippen molar-refractivity contribution in [1.82, 2.24) is 24.3 Å². The monoisotopic (exact) mass is 245 g/mol. The standard InChI is InChI=1S/C11H11N5S/c1-15-6-8(5-13-15)7-16-10-9(14-11(16)17)3-2-4-12-10/h2-6H,7H2,1H3,(H,14,17). The Morgan fingerprint density at radius 2 is 2.35 bits per heavy atom. The van der Waals surface area contributed by atoms with Gasteiger partial charge in [-0.05, 0) is 24.4 Å². The molecule has 1 N–H and O–H groups in total. The fourth-order valence-corrected chi connectivity index (χ4v) is 2.13. The van der Waals surface area contributed by atoms with Crippen LogP contribution in [-0.4, -0.2) is 24.3 Å². The van der Waals surface area contributed by atoms with Crippen LogP contribution in [0.2, 0.25) is 0 Å². The Kier molecular flexibility index (Phi) is 2.29. The van der Waals surface area contributed by atoms with E-state index in [1.54, 1.807) is 10.9 Å². The normalized spacial score (nSPS) is 11.1. The first kappa shape index (κ1) is 10.2. The van der Waals surface area contributed by atoms with E-state index < -0.39 is 0 Å². The van der Waals surface area contributed by atoms with Crippen LogP contribution in [0.15, 0.2) is 30.7 Å². The molecule has 0 aliphatic heterocycles. The maximum atomic E-state index is 5.30. The maximum Gasteiger partial charge on any atom is 0.179 e. The van der Waals surface area contributed by atoms with Crippen LogP contribution < -0.4 is 0 Å². The molecule has 0 saturated heterocycles. The summed E-state index contributed by atoms with van der Waals surface area (Å²) in [7, 11) is 1.90. The number of hydrogen-bond donors (Lipinski definition) is 1. The van der Waals surface area contributed by atoms with E-state index in [4.69, 9.17) is 12.2 Å². The molecule has 3 aromatic heterocycles. The quantitative estimate of drug-likeness (QED) is 0.701. The van der Waals surface area contributed by atoms with Gasteiger partial charge in [0.15, 0.2) is 10.4 Å². The summed E-state index contributed by atoms with van der Waals surface area (Å²) in [4.78, 5) is 7.48. The van der Waals surface area contributed by atoms with Gasteiger partial charge in [0, 0.05) is 25.0 Å². The number of aromatic amines is 1. The van der Waals surface area contributed by atoms with E-state index in [0.717, 1.165) is 16.7 Å². The Balaban J connectivity index is 2.11. The minimum atomic E-state index is 0.683. The predicted molar refractivity (Wildman–Crippen MR) is 67.2 cm³/mol. The van der Waals surface area contributed by atoms with Crippen molar-refractivity contribution in [2.45, 2.75) is 6.54 Å². The molecule has 0 aliphatic carbocycles. The van der Waals surface area contributed by atoms with Crippen LogP contribution in [0.5, 0.6) is 0 Å². The number of hydrogen-bond acceptors (Lipinski definition) is 3. The van der Waals surface area contributed by atoms with Gasteiger partial charge in [0.1, 0.15) is 0 Å². The van der Waals surface area contributed by atoms with Crippen molar-refractivity contribution in [3.8, 4) is 0 Å². The van der Waals surface area contributed by atoms with Crippen LogP contribution in [0.4, 0.5) is 0 Å². The largest absolute Gasteiger partial charge is 0.329 e. The first-order chi connectivity index (χ1) is 8.24. The van der Waals surface area contributed by atoms with E-state index in [9.17, 15) is 0 Å². The van der Waals surface area contributed by atoms with Gasteiger partial charge in [-0.15, -0.1) is 0 Å². The summed E-state index contributed by atoms with van der Waals surface area (Å²) in [5.74, 6) is 0. The first-order valence-corrected chi connectivity index (χ1v) is 5.66. The highest BCUT2D eigenvalue weighted by atomic mass is 32.1. The number of aromatic nitrogens is 5. The average Bonchev–Trinajstić information content (AvgIpc) is 2.85. The van der Waals surface area contributed by atoms with Crippen LogP contribution in [0.1, 0.15) is 5.56 Å². The number of pyridine rings is 1. The van der Waals surface area contributed by atoms with Crippen molar-refractivity contribution in [1.29, 1.82) is 0 Å². The SMILES string of the molecule is Cn1cc(Cn2c(=S)[nH]c3cccnc32)cn1. The first-order valence-electron chi connectivity index (χ1n) is 5.25. The third-order valence-electron chi connectivity index (χ3n) is 2.63. The lowest BCUT2D eigenvalue weighted by atomic mass is 10.3. The molecule has 0 atom stereocenters. The van der Waals surface area contributed by atoms with Crippen LogP contribution >= 0.6 is 12.2 Å². The van der Waals surface area contributed by atoms with Gasteiger partial charge >= 0.3 is 0 Å². The van der Waals surface area contributed by atoms with Gasteiger partial charge in [-0.1, -0.05) is 0 Å². The maximum absolute atomic E-state index is 5.30. The molecule has 0 bridgehead atoms. The number of H-pyrrole nitrogens is 1. The predicted octanol–water partition coefficient (Wildman–Crippen LogP) is 1.88. The summed E-state index contributed by atoms with van der Waals surface area (Å²) >= 11 is 5.30. The third-order valence-corrected chi connectivity index (χ3v) is 2.95. The topological polar surface area (TPSA) is 51.4 Å². The van der Waals surface area contributed by atoms with E-state index in [2.05, 4.69) is 15.1 Å². The smallest absolute Gasteiger partial charge is 0.179 e. The van der Waals surface area contributed by atoms with Crippen LogP contribution in [0.25, 0.3) is 11.2 Å². The zero-order chi connectivity index (χ0) is 11.8. The minimum Gasteiger partial charge on any atom is -0.329 e. The summed E-state index contributed by atoms with van der Waals surface area (Å²) in [6, 6.07) is 3.86. The number of rotatable bonds is 2. The molecule has 0 radical (unpaired) electrons. The third kappa shape index (κ3) is 1.76. The molecule has 0 amide bonds. The molecular weight excluding hydrogens is 234 g/mol. The van der Waals surface area contributed by atoms with Crippen LogP contribution in [-0.2, 0) is 13.6 Å². The highest BCUT2D eigenvalue weighted by Crippen LogP contribution is 2.12. The summed E-state index contributed by atoms with van der Waals surface area (Å²) in [5.41, 5.74) is 2.94. The minimum absolute atomic E-state index is 0.683. The molecule has 0 fully saturated rings. The van der Waals surface area contributed by atoms with E-state index in [0.29, 0.717) is 11.3 Å². The van der Waals surface area contributed by atoms with E-state index in [-0.39, 0.29) is 0 Å². The van der Waals surface area contributed by atoms with E-state index in [1.807, 2.05) is 36.1 Å². The summed E-state index contributed by atoms with van der Waals surface area (Å²) < 4.78 is 4.44. The van der Waals surface area contributed by atoms with Crippen molar-refractivity contribution in [3.05, 3.63) is 41.1 Å². The molecule has 0 spiro atoms. The Labute approximate surface area is 103 Å². The average molecular weight is 245 g/mol. The number of imidazole rings is 1. The Morgan fingerprint density at radius 3 is 3.12 bits per heavy atom. The van der Waals surface area contributed by atoms with Crippen LogP contribution in [0, 0.1) is 4.77 Å². The van der Waals surface area contributed by atoms with Crippen molar-refractivity contribution in [2.75, 3.05) is 0 Å². The lowest BCUT2D eigenvalue weighted by Gasteiger charge is -2.00. The summed E-state index contributed by atoms with van der Waals surface area (Å²) in [5, 5.41) is 4.15. The fraction of sp³-hybridized carbons (Fsp3) is 0.182. The van der Waals surface area contributed by atoms with Gasteiger partial charge in [0.25, 0.3) is 0 Å². The lowest BCUT2D eigenvalue weighted by Crippen LogP contribution is -1.99. The second-order valence-corrected chi connectivity index (χ2v) is 4.30. The van der Waals surface area contributed by atoms with E-state index >= 15 is 0 Å². The molecule has 3 heterocycles. The fourth-order valence-electron chi connectivity index (χ4n) is 1.87. The second-order valence-electron chi connectivity index (χ2n) is 3.91. The summed E-state index contributed by atoms with van der Waals surface area (Å²) in [6.45, 7) is 0.684. The molecule has 86 valence electrons. The lowest BCUT2D eigenvalue weighted by molar-refractivity contribution is 0.762. The molecule has 6 heteroatoms. The zero-order valence-corrected chi connectivity index (χ0v) is 10.1. The molecule has 0 saturated carbocycles. The number of aryl methyl sites for hydroxylation is 1. The summed E-state index contributed by atoms with van der Waals surface area (Å²) in [6.07, 6.45) is 5.58. The molecule has 3 rings (SSSR count). The van der Waals surface area contributed by atoms with Crippen molar-refractivity contribution in [2.24, 2.45) is 7.05 Å². The van der Waals surface area contributed by atoms with Crippen molar-refractivity contribution < 1.29 is 0 Å². The Bertz CT molecular complexity index is 721. The van der Waals surface area contributed by atoms with E-state index in [1.165, 1.54) is 0 Å². The van der Waals surface area contributed by atoms with Gasteiger partial charge in [0.05, 0.1) is 18.3 Å². The van der Waals surface area contributed by atoms with Crippen molar-refractivity contribution >= 4 is 23.4 Å². The van der Waals surface area contributed by atoms with Gasteiger partial charge in [-0.3, -0.25) is 9.25 Å². The highest BCUT2D eigenvalue weighted by Gasteiger charge is 2.06. The molecule has 17 heavy (non-hydrogen) atoms. The zero-order valence-electron chi connectivity index (χ0n) is 9.29. The number of fused-ring (bicyclic) bond motifs is 1. The number of nitrogens with one attached hydrogen (secondary N) is 1. The van der Waals surface area contributed by atoms with Crippen LogP contribution in [0.3, 0.4) is 0 Å². The second kappa shape index (κ2) is 3.81. The van der Waals surface area contributed by atoms with Gasteiger partial charge in [-0.2, -0.15) is 5.10 Å².